The van der Waals surface area contributed by atoms with E-state index in [1.807, 2.05) is 43.0 Å². The summed E-state index contributed by atoms with van der Waals surface area (Å²) in [5.41, 5.74) is 3.32. The lowest BCUT2D eigenvalue weighted by Gasteiger charge is -2.34. The molecule has 1 aromatic carbocycles. The summed E-state index contributed by atoms with van der Waals surface area (Å²) < 4.78 is 7.35. The van der Waals surface area contributed by atoms with Gasteiger partial charge >= 0.3 is 0 Å². The average Bonchev–Trinajstić information content (AvgIpc) is 3.20. The Labute approximate surface area is 165 Å². The molecule has 1 aliphatic heterocycles. The normalized spacial score (nSPS) is 15.1. The standard InChI is InChI=1S/C21H26N6O/c1-28-14-13-27-17-22-15-19(27)16-25-9-11-26(12-10-25)21-23-8-7-20(24-21)18-5-3-2-4-6-18/h2-8,15,17H,9-14,16H2,1H3. The van der Waals surface area contributed by atoms with Crippen molar-refractivity contribution in [2.75, 3.05) is 44.8 Å². The van der Waals surface area contributed by atoms with Crippen molar-refractivity contribution >= 4 is 5.95 Å². The number of anilines is 1. The summed E-state index contributed by atoms with van der Waals surface area (Å²) >= 11 is 0. The zero-order chi connectivity index (χ0) is 19.2. The minimum absolute atomic E-state index is 0.701. The third-order valence-electron chi connectivity index (χ3n) is 5.09. The van der Waals surface area contributed by atoms with Crippen LogP contribution >= 0.6 is 0 Å². The first-order valence-electron chi connectivity index (χ1n) is 9.67. The number of piperazine rings is 1. The highest BCUT2D eigenvalue weighted by Gasteiger charge is 2.20. The fourth-order valence-electron chi connectivity index (χ4n) is 3.48. The largest absolute Gasteiger partial charge is 0.383 e. The number of rotatable bonds is 7. The number of aromatic nitrogens is 4. The number of nitrogens with zero attached hydrogens (tertiary/aromatic N) is 6. The third-order valence-corrected chi connectivity index (χ3v) is 5.09. The van der Waals surface area contributed by atoms with Crippen LogP contribution in [0.15, 0.2) is 55.1 Å². The highest BCUT2D eigenvalue weighted by molar-refractivity contribution is 5.59. The van der Waals surface area contributed by atoms with Crippen molar-refractivity contribution in [1.82, 2.24) is 24.4 Å². The Morgan fingerprint density at radius 1 is 1.04 bits per heavy atom. The number of hydrogen-bond acceptors (Lipinski definition) is 6. The maximum absolute atomic E-state index is 5.18. The molecular weight excluding hydrogens is 352 g/mol. The van der Waals surface area contributed by atoms with E-state index in [-0.39, 0.29) is 0 Å². The molecule has 0 aliphatic carbocycles. The van der Waals surface area contributed by atoms with Crippen molar-refractivity contribution in [3.8, 4) is 11.3 Å². The van der Waals surface area contributed by atoms with Crippen molar-refractivity contribution in [2.24, 2.45) is 0 Å². The van der Waals surface area contributed by atoms with Gasteiger partial charge < -0.3 is 14.2 Å². The zero-order valence-corrected chi connectivity index (χ0v) is 16.2. The Balaban J connectivity index is 1.36. The van der Waals surface area contributed by atoms with Gasteiger partial charge in [-0.05, 0) is 6.07 Å². The summed E-state index contributed by atoms with van der Waals surface area (Å²) in [5.74, 6) is 0.811. The molecule has 0 N–H and O–H groups in total. The summed E-state index contributed by atoms with van der Waals surface area (Å²) in [7, 11) is 1.73. The fourth-order valence-corrected chi connectivity index (χ4v) is 3.48. The maximum atomic E-state index is 5.18. The molecule has 1 saturated heterocycles. The van der Waals surface area contributed by atoms with Gasteiger partial charge in [0, 0.05) is 64.3 Å². The van der Waals surface area contributed by atoms with E-state index in [1.54, 1.807) is 7.11 Å². The molecule has 0 atom stereocenters. The molecule has 0 radical (unpaired) electrons. The molecule has 0 saturated carbocycles. The molecule has 7 nitrogen and oxygen atoms in total. The first-order chi connectivity index (χ1) is 13.8. The lowest BCUT2D eigenvalue weighted by atomic mass is 10.1. The molecule has 0 amide bonds. The van der Waals surface area contributed by atoms with Crippen LogP contribution in [-0.2, 0) is 17.8 Å². The molecule has 1 aliphatic rings. The Bertz CT molecular complexity index is 873. The first kappa shape index (κ1) is 18.6. The zero-order valence-electron chi connectivity index (χ0n) is 16.2. The van der Waals surface area contributed by atoms with Crippen molar-refractivity contribution in [3.05, 3.63) is 60.8 Å². The van der Waals surface area contributed by atoms with Crippen LogP contribution < -0.4 is 4.90 Å². The maximum Gasteiger partial charge on any atom is 0.225 e. The van der Waals surface area contributed by atoms with E-state index in [0.717, 1.165) is 56.5 Å². The van der Waals surface area contributed by atoms with Gasteiger partial charge in [-0.2, -0.15) is 0 Å². The van der Waals surface area contributed by atoms with E-state index >= 15 is 0 Å². The second-order valence-electron chi connectivity index (χ2n) is 6.94. The van der Waals surface area contributed by atoms with Crippen LogP contribution in [0.25, 0.3) is 11.3 Å². The van der Waals surface area contributed by atoms with Gasteiger partial charge in [0.2, 0.25) is 5.95 Å². The number of imidazole rings is 1. The lowest BCUT2D eigenvalue weighted by molar-refractivity contribution is 0.183. The van der Waals surface area contributed by atoms with Crippen molar-refractivity contribution < 1.29 is 4.74 Å². The second-order valence-corrected chi connectivity index (χ2v) is 6.94. The Kier molecular flexibility index (Phi) is 5.94. The molecule has 0 bridgehead atoms. The Morgan fingerprint density at radius 3 is 2.64 bits per heavy atom. The lowest BCUT2D eigenvalue weighted by Crippen LogP contribution is -2.46. The summed E-state index contributed by atoms with van der Waals surface area (Å²) in [6, 6.07) is 12.2. The highest BCUT2D eigenvalue weighted by atomic mass is 16.5. The fraction of sp³-hybridized carbons (Fsp3) is 0.381. The molecular formula is C21H26N6O. The molecule has 2 aromatic heterocycles. The molecule has 3 aromatic rings. The number of ether oxygens (including phenoxy) is 1. The predicted octanol–water partition coefficient (Wildman–Crippen LogP) is 2.31. The van der Waals surface area contributed by atoms with Crippen LogP contribution in [0.4, 0.5) is 5.95 Å². The third kappa shape index (κ3) is 4.37. The number of methoxy groups -OCH3 is 1. The van der Waals surface area contributed by atoms with E-state index in [2.05, 4.69) is 36.5 Å². The van der Waals surface area contributed by atoms with Gasteiger partial charge in [0.25, 0.3) is 0 Å². The van der Waals surface area contributed by atoms with Gasteiger partial charge in [-0.15, -0.1) is 0 Å². The molecule has 146 valence electrons. The van der Waals surface area contributed by atoms with Crippen molar-refractivity contribution in [2.45, 2.75) is 13.1 Å². The van der Waals surface area contributed by atoms with Gasteiger partial charge in [0.1, 0.15) is 0 Å². The molecule has 28 heavy (non-hydrogen) atoms. The van der Waals surface area contributed by atoms with E-state index in [9.17, 15) is 0 Å². The van der Waals surface area contributed by atoms with E-state index < -0.39 is 0 Å². The van der Waals surface area contributed by atoms with Gasteiger partial charge in [-0.1, -0.05) is 30.3 Å². The minimum atomic E-state index is 0.701. The number of benzene rings is 1. The topological polar surface area (TPSA) is 59.3 Å². The monoisotopic (exact) mass is 378 g/mol. The molecule has 7 heteroatoms. The van der Waals surface area contributed by atoms with Crippen LogP contribution in [0.3, 0.4) is 0 Å². The van der Waals surface area contributed by atoms with Gasteiger partial charge in [-0.3, -0.25) is 4.90 Å². The van der Waals surface area contributed by atoms with Crippen LogP contribution in [-0.4, -0.2) is 64.3 Å². The van der Waals surface area contributed by atoms with Crippen LogP contribution in [0.5, 0.6) is 0 Å². The highest BCUT2D eigenvalue weighted by Crippen LogP contribution is 2.19. The van der Waals surface area contributed by atoms with Gasteiger partial charge in [0.15, 0.2) is 0 Å². The van der Waals surface area contributed by atoms with E-state index in [1.165, 1.54) is 5.69 Å². The first-order valence-corrected chi connectivity index (χ1v) is 9.67. The van der Waals surface area contributed by atoms with Gasteiger partial charge in [0.05, 0.1) is 24.3 Å². The quantitative estimate of drug-likeness (QED) is 0.629. The summed E-state index contributed by atoms with van der Waals surface area (Å²) in [6.07, 6.45) is 5.69. The molecule has 3 heterocycles. The van der Waals surface area contributed by atoms with E-state index in [0.29, 0.717) is 6.61 Å². The number of hydrogen-bond donors (Lipinski definition) is 0. The molecule has 4 rings (SSSR count). The van der Waals surface area contributed by atoms with Crippen LogP contribution in [0, 0.1) is 0 Å². The Morgan fingerprint density at radius 2 is 1.86 bits per heavy atom. The minimum Gasteiger partial charge on any atom is -0.383 e. The van der Waals surface area contributed by atoms with Crippen molar-refractivity contribution in [3.63, 3.8) is 0 Å². The van der Waals surface area contributed by atoms with Crippen LogP contribution in [0.2, 0.25) is 0 Å². The average molecular weight is 378 g/mol. The predicted molar refractivity (Wildman–Crippen MR) is 109 cm³/mol. The Hall–Kier alpha value is -2.77. The molecule has 0 unspecified atom stereocenters. The smallest absolute Gasteiger partial charge is 0.225 e. The van der Waals surface area contributed by atoms with Gasteiger partial charge in [-0.25, -0.2) is 15.0 Å². The summed E-state index contributed by atoms with van der Waals surface area (Å²) in [6.45, 7) is 6.25. The summed E-state index contributed by atoms with van der Waals surface area (Å²) in [4.78, 5) is 18.3. The molecule has 1 fully saturated rings. The second kappa shape index (κ2) is 8.95. The van der Waals surface area contributed by atoms with E-state index in [4.69, 9.17) is 9.72 Å². The molecule has 0 spiro atoms. The summed E-state index contributed by atoms with van der Waals surface area (Å²) in [5, 5.41) is 0. The van der Waals surface area contributed by atoms with Crippen molar-refractivity contribution in [1.29, 1.82) is 0 Å². The van der Waals surface area contributed by atoms with Crippen LogP contribution in [0.1, 0.15) is 5.69 Å². The SMILES string of the molecule is COCCn1cncc1CN1CCN(c2nccc(-c3ccccc3)n2)CC1.